The number of nitrogens with one attached hydrogen (secondary N) is 2. The number of likely N-dealkylation sites (tertiary alicyclic amines) is 1. The summed E-state index contributed by atoms with van der Waals surface area (Å²) < 4.78 is 5.58. The lowest BCUT2D eigenvalue weighted by atomic mass is 9.96. The molecule has 1 aliphatic heterocycles. The topological polar surface area (TPSA) is 118 Å². The molecule has 9 nitrogen and oxygen atoms in total. The van der Waals surface area contributed by atoms with Crippen molar-refractivity contribution in [2.24, 2.45) is 5.92 Å². The van der Waals surface area contributed by atoms with Gasteiger partial charge in [-0.2, -0.15) is 0 Å². The van der Waals surface area contributed by atoms with Crippen molar-refractivity contribution < 1.29 is 18.9 Å². The van der Waals surface area contributed by atoms with E-state index < -0.39 is 16.7 Å². The molecule has 0 bridgehead atoms. The maximum atomic E-state index is 12.1. The SMILES string of the molecule is Cc1cc(CN2CCC(CNC(=O)C(=O)Nc3ccccc3[N+](=O)[O-])CC2)c(C)o1. The molecule has 1 aromatic heterocycles. The second-order valence-electron chi connectivity index (χ2n) is 7.60. The van der Waals surface area contributed by atoms with Gasteiger partial charge in [-0.15, -0.1) is 0 Å². The lowest BCUT2D eigenvalue weighted by Crippen LogP contribution is -2.41. The van der Waals surface area contributed by atoms with Crippen LogP contribution < -0.4 is 10.6 Å². The van der Waals surface area contributed by atoms with Gasteiger partial charge in [0.1, 0.15) is 17.2 Å². The Morgan fingerprint density at radius 2 is 1.90 bits per heavy atom. The minimum absolute atomic E-state index is 0.000681. The van der Waals surface area contributed by atoms with Crippen LogP contribution in [0, 0.1) is 29.9 Å². The maximum Gasteiger partial charge on any atom is 0.313 e. The van der Waals surface area contributed by atoms with Crippen LogP contribution in [0.3, 0.4) is 0 Å². The van der Waals surface area contributed by atoms with Crippen LogP contribution in [0.5, 0.6) is 0 Å². The van der Waals surface area contributed by atoms with Crippen LogP contribution in [0.2, 0.25) is 0 Å². The minimum atomic E-state index is -0.910. The Bertz CT molecular complexity index is 931. The average Bonchev–Trinajstić information content (AvgIpc) is 3.04. The van der Waals surface area contributed by atoms with E-state index in [4.69, 9.17) is 4.42 Å². The van der Waals surface area contributed by atoms with Crippen LogP contribution in [-0.2, 0) is 16.1 Å². The summed E-state index contributed by atoms with van der Waals surface area (Å²) in [5.74, 6) is 0.453. The first-order valence-corrected chi connectivity index (χ1v) is 9.94. The molecule has 2 aromatic rings. The molecule has 0 aliphatic carbocycles. The molecule has 0 spiro atoms. The number of anilines is 1. The summed E-state index contributed by atoms with van der Waals surface area (Å²) in [7, 11) is 0. The van der Waals surface area contributed by atoms with Gasteiger partial charge in [-0.05, 0) is 57.8 Å². The van der Waals surface area contributed by atoms with E-state index in [1.807, 2.05) is 13.8 Å². The van der Waals surface area contributed by atoms with E-state index in [9.17, 15) is 19.7 Å². The standard InChI is InChI=1S/C21H26N4O5/c1-14-11-17(15(2)30-14)13-24-9-7-16(8-10-24)12-22-20(26)21(27)23-18-5-3-4-6-19(18)25(28)29/h3-6,11,16H,7-10,12-13H2,1-2H3,(H,22,26)(H,23,27). The molecule has 1 aliphatic rings. The Morgan fingerprint density at radius 3 is 2.53 bits per heavy atom. The van der Waals surface area contributed by atoms with Crippen LogP contribution in [-0.4, -0.2) is 41.3 Å². The fraction of sp³-hybridized carbons (Fsp3) is 0.429. The van der Waals surface area contributed by atoms with Crippen molar-refractivity contribution in [2.75, 3.05) is 25.0 Å². The number of carbonyl (C=O) groups excluding carboxylic acids is 2. The van der Waals surface area contributed by atoms with E-state index in [1.165, 1.54) is 23.8 Å². The molecule has 2 heterocycles. The van der Waals surface area contributed by atoms with Crippen molar-refractivity contribution >= 4 is 23.2 Å². The van der Waals surface area contributed by atoms with Gasteiger partial charge in [0.2, 0.25) is 0 Å². The number of furan rings is 1. The number of hydrogen-bond donors (Lipinski definition) is 2. The molecule has 0 saturated carbocycles. The Labute approximate surface area is 174 Å². The summed E-state index contributed by atoms with van der Waals surface area (Å²) in [6, 6.07) is 7.78. The molecule has 30 heavy (non-hydrogen) atoms. The van der Waals surface area contributed by atoms with Gasteiger partial charge in [-0.25, -0.2) is 0 Å². The highest BCUT2D eigenvalue weighted by molar-refractivity contribution is 6.39. The Balaban J connectivity index is 1.43. The van der Waals surface area contributed by atoms with Gasteiger partial charge in [0, 0.05) is 24.7 Å². The normalized spacial score (nSPS) is 15.0. The second-order valence-corrected chi connectivity index (χ2v) is 7.60. The third-order valence-electron chi connectivity index (χ3n) is 5.35. The zero-order chi connectivity index (χ0) is 21.7. The van der Waals surface area contributed by atoms with Gasteiger partial charge in [0.05, 0.1) is 4.92 Å². The van der Waals surface area contributed by atoms with Gasteiger partial charge < -0.3 is 15.1 Å². The number of rotatable bonds is 6. The zero-order valence-electron chi connectivity index (χ0n) is 17.1. The number of para-hydroxylation sites is 2. The first kappa shape index (κ1) is 21.5. The van der Waals surface area contributed by atoms with Crippen molar-refractivity contribution in [1.82, 2.24) is 10.2 Å². The van der Waals surface area contributed by atoms with Crippen LogP contribution >= 0.6 is 0 Å². The largest absolute Gasteiger partial charge is 0.466 e. The summed E-state index contributed by atoms with van der Waals surface area (Å²) in [5.41, 5.74) is 0.945. The molecule has 0 radical (unpaired) electrons. The number of benzene rings is 1. The molecule has 1 saturated heterocycles. The first-order valence-electron chi connectivity index (χ1n) is 9.94. The molecule has 3 rings (SSSR count). The van der Waals surface area contributed by atoms with Crippen molar-refractivity contribution in [1.29, 1.82) is 0 Å². The van der Waals surface area contributed by atoms with Crippen LogP contribution in [0.4, 0.5) is 11.4 Å². The van der Waals surface area contributed by atoms with Gasteiger partial charge in [-0.1, -0.05) is 12.1 Å². The highest BCUT2D eigenvalue weighted by Crippen LogP contribution is 2.23. The molecular formula is C21H26N4O5. The molecule has 1 fully saturated rings. The van der Waals surface area contributed by atoms with Gasteiger partial charge >= 0.3 is 11.8 Å². The van der Waals surface area contributed by atoms with Crippen LogP contribution in [0.1, 0.15) is 29.9 Å². The number of nitrogens with zero attached hydrogens (tertiary/aromatic N) is 2. The number of hydrogen-bond acceptors (Lipinski definition) is 6. The van der Waals surface area contributed by atoms with E-state index in [2.05, 4.69) is 21.6 Å². The number of nitro benzene ring substituents is 1. The van der Waals surface area contributed by atoms with E-state index >= 15 is 0 Å². The highest BCUT2D eigenvalue weighted by Gasteiger charge is 2.23. The predicted molar refractivity (Wildman–Crippen MR) is 111 cm³/mol. The molecule has 2 N–H and O–H groups in total. The number of nitro groups is 1. The molecule has 160 valence electrons. The summed E-state index contributed by atoms with van der Waals surface area (Å²) >= 11 is 0. The molecule has 0 unspecified atom stereocenters. The zero-order valence-corrected chi connectivity index (χ0v) is 17.1. The summed E-state index contributed by atoms with van der Waals surface area (Å²) in [5, 5.41) is 16.0. The van der Waals surface area contributed by atoms with Crippen molar-refractivity contribution in [3.8, 4) is 0 Å². The van der Waals surface area contributed by atoms with Crippen molar-refractivity contribution in [3.63, 3.8) is 0 Å². The summed E-state index contributed by atoms with van der Waals surface area (Å²) in [4.78, 5) is 37.0. The third kappa shape index (κ3) is 5.44. The van der Waals surface area contributed by atoms with E-state index in [0.717, 1.165) is 44.0 Å². The summed E-state index contributed by atoms with van der Waals surface area (Å²) in [6.07, 6.45) is 1.84. The van der Waals surface area contributed by atoms with Crippen LogP contribution in [0.15, 0.2) is 34.7 Å². The molecule has 0 atom stereocenters. The lowest BCUT2D eigenvalue weighted by Gasteiger charge is -2.31. The van der Waals surface area contributed by atoms with E-state index in [0.29, 0.717) is 6.54 Å². The fourth-order valence-electron chi connectivity index (χ4n) is 3.66. The van der Waals surface area contributed by atoms with Crippen molar-refractivity contribution in [3.05, 3.63) is 57.5 Å². The number of amides is 2. The number of piperidine rings is 1. The molecule has 9 heteroatoms. The third-order valence-corrected chi connectivity index (χ3v) is 5.35. The number of carbonyl (C=O) groups is 2. The first-order chi connectivity index (χ1) is 14.3. The minimum Gasteiger partial charge on any atom is -0.466 e. The smallest absolute Gasteiger partial charge is 0.313 e. The lowest BCUT2D eigenvalue weighted by molar-refractivity contribution is -0.383. The highest BCUT2D eigenvalue weighted by atomic mass is 16.6. The number of aryl methyl sites for hydroxylation is 2. The second kappa shape index (κ2) is 9.53. The Hall–Kier alpha value is -3.20. The Kier molecular flexibility index (Phi) is 6.83. The maximum absolute atomic E-state index is 12.1. The van der Waals surface area contributed by atoms with E-state index in [-0.39, 0.29) is 17.3 Å². The van der Waals surface area contributed by atoms with Gasteiger partial charge in [0.15, 0.2) is 0 Å². The molecular weight excluding hydrogens is 388 g/mol. The molecule has 1 aromatic carbocycles. The Morgan fingerprint density at radius 1 is 1.20 bits per heavy atom. The van der Waals surface area contributed by atoms with Gasteiger partial charge in [-0.3, -0.25) is 24.6 Å². The average molecular weight is 414 g/mol. The van der Waals surface area contributed by atoms with Crippen molar-refractivity contribution in [2.45, 2.75) is 33.2 Å². The van der Waals surface area contributed by atoms with Gasteiger partial charge in [0.25, 0.3) is 5.69 Å². The fourth-order valence-corrected chi connectivity index (χ4v) is 3.66. The van der Waals surface area contributed by atoms with E-state index in [1.54, 1.807) is 6.07 Å². The monoisotopic (exact) mass is 414 g/mol. The summed E-state index contributed by atoms with van der Waals surface area (Å²) in [6.45, 7) is 6.98. The predicted octanol–water partition coefficient (Wildman–Crippen LogP) is 2.77. The van der Waals surface area contributed by atoms with Crippen LogP contribution in [0.25, 0.3) is 0 Å². The quantitative estimate of drug-likeness (QED) is 0.426. The molecule has 2 amide bonds.